The third kappa shape index (κ3) is 1.81. The lowest BCUT2D eigenvalue weighted by Gasteiger charge is -2.12. The molecule has 118 valence electrons. The van der Waals surface area contributed by atoms with E-state index in [4.69, 9.17) is 0 Å². The van der Waals surface area contributed by atoms with Crippen molar-refractivity contribution >= 4 is 43.4 Å². The Labute approximate surface area is 148 Å². The average Bonchev–Trinajstić information content (AvgIpc) is 2.72. The molecule has 26 heavy (non-hydrogen) atoms. The number of benzene rings is 4. The van der Waals surface area contributed by atoms with Crippen molar-refractivity contribution in [2.24, 2.45) is 0 Å². The first-order valence-electron chi connectivity index (χ1n) is 8.16. The van der Waals surface area contributed by atoms with Gasteiger partial charge in [0.1, 0.15) is 12.1 Å². The maximum atomic E-state index is 9.40. The topological polar surface area (TPSA) is 73.4 Å². The van der Waals surface area contributed by atoms with E-state index in [0.29, 0.717) is 11.0 Å². The zero-order valence-electron chi connectivity index (χ0n) is 13.6. The fourth-order valence-corrected chi connectivity index (χ4v) is 3.63. The molecule has 0 radical (unpaired) electrons. The summed E-state index contributed by atoms with van der Waals surface area (Å²) in [6.45, 7) is 0. The van der Waals surface area contributed by atoms with Crippen molar-refractivity contribution in [2.45, 2.75) is 0 Å². The van der Waals surface area contributed by atoms with Gasteiger partial charge < -0.3 is 0 Å². The van der Waals surface area contributed by atoms with Crippen LogP contribution in [-0.2, 0) is 0 Å². The Morgan fingerprint density at radius 2 is 1.19 bits per heavy atom. The molecule has 0 spiro atoms. The standard InChI is InChI=1S/C22H10N4/c23-11-18-19(12-24)26-22-20-14-6-2-1-5-13(14)9-10-16(20)15-7-3-4-8-17(15)21(22)25-18/h1-10H. The van der Waals surface area contributed by atoms with E-state index < -0.39 is 0 Å². The number of aromatic nitrogens is 2. The van der Waals surface area contributed by atoms with Crippen LogP contribution in [0.3, 0.4) is 0 Å². The highest BCUT2D eigenvalue weighted by Gasteiger charge is 2.16. The Balaban J connectivity index is 2.20. The summed E-state index contributed by atoms with van der Waals surface area (Å²) in [6.07, 6.45) is 0. The molecule has 0 saturated heterocycles. The minimum absolute atomic E-state index is 0.0597. The van der Waals surface area contributed by atoms with Crippen LogP contribution in [0.25, 0.3) is 43.4 Å². The molecule has 1 heterocycles. The van der Waals surface area contributed by atoms with Crippen LogP contribution in [0, 0.1) is 22.7 Å². The van der Waals surface area contributed by atoms with Crippen molar-refractivity contribution in [1.82, 2.24) is 9.97 Å². The fraction of sp³-hybridized carbons (Fsp3) is 0. The smallest absolute Gasteiger partial charge is 0.177 e. The van der Waals surface area contributed by atoms with E-state index in [9.17, 15) is 10.5 Å². The first-order chi connectivity index (χ1) is 12.8. The quantitative estimate of drug-likeness (QED) is 0.381. The average molecular weight is 330 g/mol. The highest BCUT2D eigenvalue weighted by molar-refractivity contribution is 6.29. The van der Waals surface area contributed by atoms with Gasteiger partial charge in [0.2, 0.25) is 0 Å². The van der Waals surface area contributed by atoms with Gasteiger partial charge in [-0.1, -0.05) is 60.7 Å². The first-order valence-corrected chi connectivity index (χ1v) is 8.16. The lowest BCUT2D eigenvalue weighted by Crippen LogP contribution is -1.97. The molecule has 0 N–H and O–H groups in total. The molecule has 0 aliphatic carbocycles. The highest BCUT2D eigenvalue weighted by Crippen LogP contribution is 2.37. The van der Waals surface area contributed by atoms with Gasteiger partial charge in [0.05, 0.1) is 11.0 Å². The van der Waals surface area contributed by atoms with E-state index in [1.165, 1.54) is 0 Å². The lowest BCUT2D eigenvalue weighted by atomic mass is 9.95. The van der Waals surface area contributed by atoms with Gasteiger partial charge in [-0.05, 0) is 21.5 Å². The normalized spacial score (nSPS) is 11.0. The van der Waals surface area contributed by atoms with Crippen molar-refractivity contribution in [3.05, 3.63) is 72.1 Å². The summed E-state index contributed by atoms with van der Waals surface area (Å²) in [5, 5.41) is 24.9. The maximum Gasteiger partial charge on any atom is 0.177 e. The Morgan fingerprint density at radius 1 is 0.577 bits per heavy atom. The van der Waals surface area contributed by atoms with Crippen molar-refractivity contribution < 1.29 is 0 Å². The number of fused-ring (bicyclic) bond motifs is 8. The molecule has 0 aliphatic heterocycles. The number of nitrogens with zero attached hydrogens (tertiary/aromatic N) is 4. The van der Waals surface area contributed by atoms with Gasteiger partial charge in [-0.3, -0.25) is 0 Å². The van der Waals surface area contributed by atoms with E-state index in [2.05, 4.69) is 40.3 Å². The Morgan fingerprint density at radius 3 is 1.92 bits per heavy atom. The summed E-state index contributed by atoms with van der Waals surface area (Å²) in [6, 6.07) is 24.2. The Bertz CT molecular complexity index is 1450. The van der Waals surface area contributed by atoms with E-state index in [-0.39, 0.29) is 11.4 Å². The van der Waals surface area contributed by atoms with Crippen LogP contribution in [0.5, 0.6) is 0 Å². The fourth-order valence-electron chi connectivity index (χ4n) is 3.63. The molecular formula is C22H10N4. The maximum absolute atomic E-state index is 9.40. The monoisotopic (exact) mass is 330 g/mol. The molecule has 4 heteroatoms. The molecule has 0 unspecified atom stereocenters. The van der Waals surface area contributed by atoms with Crippen molar-refractivity contribution in [3.63, 3.8) is 0 Å². The molecule has 0 saturated carbocycles. The SMILES string of the molecule is N#Cc1nc2c3ccccc3c3ccc4ccccc4c3c2nc1C#N. The van der Waals surface area contributed by atoms with Crippen molar-refractivity contribution in [2.75, 3.05) is 0 Å². The number of rotatable bonds is 0. The second kappa shape index (κ2) is 5.24. The van der Waals surface area contributed by atoms with E-state index in [1.54, 1.807) is 0 Å². The van der Waals surface area contributed by atoms with E-state index >= 15 is 0 Å². The molecule has 1 aromatic heterocycles. The lowest BCUT2D eigenvalue weighted by molar-refractivity contribution is 1.21. The summed E-state index contributed by atoms with van der Waals surface area (Å²) < 4.78 is 0. The highest BCUT2D eigenvalue weighted by atomic mass is 14.8. The van der Waals surface area contributed by atoms with Gasteiger partial charge >= 0.3 is 0 Å². The second-order valence-corrected chi connectivity index (χ2v) is 6.10. The number of nitriles is 2. The summed E-state index contributed by atoms with van der Waals surface area (Å²) in [5.41, 5.74) is 1.43. The first kappa shape index (κ1) is 14.3. The van der Waals surface area contributed by atoms with E-state index in [0.717, 1.165) is 32.3 Å². The van der Waals surface area contributed by atoms with Crippen molar-refractivity contribution in [1.29, 1.82) is 10.5 Å². The molecule has 0 aliphatic rings. The predicted octanol–water partition coefficient (Wildman–Crippen LogP) is 4.83. The van der Waals surface area contributed by atoms with Crippen LogP contribution in [-0.4, -0.2) is 9.97 Å². The molecule has 0 amide bonds. The Kier molecular flexibility index (Phi) is 2.89. The minimum Gasteiger partial charge on any atom is -0.232 e. The largest absolute Gasteiger partial charge is 0.232 e. The molecule has 0 atom stereocenters. The van der Waals surface area contributed by atoms with Gasteiger partial charge in [0, 0.05) is 10.8 Å². The second-order valence-electron chi connectivity index (χ2n) is 6.10. The van der Waals surface area contributed by atoms with Crippen LogP contribution in [0.2, 0.25) is 0 Å². The molecule has 5 aromatic rings. The molecule has 4 aromatic carbocycles. The van der Waals surface area contributed by atoms with E-state index in [1.807, 2.05) is 42.5 Å². The van der Waals surface area contributed by atoms with Gasteiger partial charge in [-0.15, -0.1) is 0 Å². The van der Waals surface area contributed by atoms with Gasteiger partial charge in [-0.2, -0.15) is 10.5 Å². The van der Waals surface area contributed by atoms with Crippen LogP contribution < -0.4 is 0 Å². The number of hydrogen-bond donors (Lipinski definition) is 0. The molecule has 0 bridgehead atoms. The van der Waals surface area contributed by atoms with Crippen LogP contribution >= 0.6 is 0 Å². The van der Waals surface area contributed by atoms with Gasteiger partial charge in [0.15, 0.2) is 11.4 Å². The van der Waals surface area contributed by atoms with Gasteiger partial charge in [0.25, 0.3) is 0 Å². The van der Waals surface area contributed by atoms with Crippen molar-refractivity contribution in [3.8, 4) is 12.1 Å². The summed E-state index contributed by atoms with van der Waals surface area (Å²) >= 11 is 0. The zero-order valence-corrected chi connectivity index (χ0v) is 13.6. The Hall–Kier alpha value is -4.02. The van der Waals surface area contributed by atoms with Crippen LogP contribution in [0.1, 0.15) is 11.4 Å². The predicted molar refractivity (Wildman–Crippen MR) is 101 cm³/mol. The van der Waals surface area contributed by atoms with Gasteiger partial charge in [-0.25, -0.2) is 9.97 Å². The minimum atomic E-state index is 0.0597. The zero-order chi connectivity index (χ0) is 17.7. The molecular weight excluding hydrogens is 320 g/mol. The molecule has 5 rings (SSSR count). The summed E-state index contributed by atoms with van der Waals surface area (Å²) in [5.74, 6) is 0. The van der Waals surface area contributed by atoms with Crippen LogP contribution in [0.15, 0.2) is 60.7 Å². The summed E-state index contributed by atoms with van der Waals surface area (Å²) in [4.78, 5) is 9.05. The molecule has 0 fully saturated rings. The third-order valence-electron chi connectivity index (χ3n) is 4.75. The molecule has 4 nitrogen and oxygen atoms in total. The van der Waals surface area contributed by atoms with Crippen LogP contribution in [0.4, 0.5) is 0 Å². The summed E-state index contributed by atoms with van der Waals surface area (Å²) in [7, 11) is 0. The number of hydrogen-bond acceptors (Lipinski definition) is 4. The third-order valence-corrected chi connectivity index (χ3v) is 4.75.